The zero-order valence-electron chi connectivity index (χ0n) is 13.7. The fraction of sp³-hybridized carbons (Fsp3) is 0.562. The molecule has 126 valence electrons. The van der Waals surface area contributed by atoms with Crippen molar-refractivity contribution >= 4 is 29.9 Å². The summed E-state index contributed by atoms with van der Waals surface area (Å²) in [6.07, 6.45) is 2.94. The zero-order valence-corrected chi connectivity index (χ0v) is 16.0. The molecular weight excluding hydrogens is 393 g/mol. The first kappa shape index (κ1) is 20.8. The minimum Gasteiger partial charge on any atom is -0.504 e. The average molecular weight is 421 g/mol. The Labute approximate surface area is 150 Å². The first-order valence-corrected chi connectivity index (χ1v) is 7.59. The number of halogens is 1. The van der Waals surface area contributed by atoms with Crippen LogP contribution in [0.3, 0.4) is 0 Å². The van der Waals surface area contributed by atoms with Crippen molar-refractivity contribution in [1.29, 1.82) is 0 Å². The van der Waals surface area contributed by atoms with Crippen LogP contribution < -0.4 is 15.4 Å². The van der Waals surface area contributed by atoms with Crippen molar-refractivity contribution in [3.63, 3.8) is 0 Å². The van der Waals surface area contributed by atoms with Gasteiger partial charge in [0.15, 0.2) is 17.5 Å². The van der Waals surface area contributed by atoms with Crippen molar-refractivity contribution < 1.29 is 9.84 Å². The molecule has 0 heterocycles. The van der Waals surface area contributed by atoms with E-state index < -0.39 is 0 Å². The second-order valence-corrected chi connectivity index (χ2v) is 4.76. The van der Waals surface area contributed by atoms with Crippen LogP contribution >= 0.6 is 24.0 Å². The minimum absolute atomic E-state index is 0. The molecule has 0 aromatic heterocycles. The number of phenolic OH excluding ortho intramolecular Hbond substituents is 1. The van der Waals surface area contributed by atoms with Crippen LogP contribution in [0.2, 0.25) is 0 Å². The van der Waals surface area contributed by atoms with Crippen molar-refractivity contribution in [2.45, 2.75) is 33.1 Å². The third-order valence-corrected chi connectivity index (χ3v) is 3.12. The highest BCUT2D eigenvalue weighted by Gasteiger charge is 2.07. The largest absolute Gasteiger partial charge is 0.504 e. The maximum Gasteiger partial charge on any atom is 0.191 e. The van der Waals surface area contributed by atoms with Crippen molar-refractivity contribution in [2.75, 3.05) is 26.7 Å². The van der Waals surface area contributed by atoms with E-state index in [1.807, 2.05) is 19.1 Å². The van der Waals surface area contributed by atoms with E-state index >= 15 is 0 Å². The van der Waals surface area contributed by atoms with Gasteiger partial charge in [-0.15, -0.1) is 24.0 Å². The Morgan fingerprint density at radius 1 is 1.27 bits per heavy atom. The number of methoxy groups -OCH3 is 1. The summed E-state index contributed by atoms with van der Waals surface area (Å²) >= 11 is 0. The second-order valence-electron chi connectivity index (χ2n) is 4.76. The van der Waals surface area contributed by atoms with Crippen LogP contribution in [0.1, 0.15) is 32.3 Å². The number of hydrogen-bond acceptors (Lipinski definition) is 3. The monoisotopic (exact) mass is 421 g/mol. The van der Waals surface area contributed by atoms with Crippen LogP contribution in [0.15, 0.2) is 23.2 Å². The molecular formula is C16H28IN3O2. The zero-order chi connectivity index (χ0) is 15.5. The molecule has 0 unspecified atom stereocenters. The maximum atomic E-state index is 10.0. The number of unbranched alkanes of at least 4 members (excludes halogenated alkanes) is 1. The lowest BCUT2D eigenvalue weighted by Gasteiger charge is -2.12. The Balaban J connectivity index is 0.00000441. The molecule has 0 aliphatic carbocycles. The lowest BCUT2D eigenvalue weighted by Crippen LogP contribution is -2.38. The third-order valence-electron chi connectivity index (χ3n) is 3.12. The quantitative estimate of drug-likeness (QED) is 0.262. The number of phenols is 1. The second kappa shape index (κ2) is 12.4. The lowest BCUT2D eigenvalue weighted by atomic mass is 10.1. The molecule has 3 N–H and O–H groups in total. The van der Waals surface area contributed by atoms with Crippen LogP contribution in [0.4, 0.5) is 0 Å². The van der Waals surface area contributed by atoms with Gasteiger partial charge in [0.05, 0.1) is 7.11 Å². The molecule has 22 heavy (non-hydrogen) atoms. The van der Waals surface area contributed by atoms with E-state index in [1.54, 1.807) is 13.2 Å². The molecule has 0 aliphatic rings. The van der Waals surface area contributed by atoms with Gasteiger partial charge < -0.3 is 20.5 Å². The molecule has 0 bridgehead atoms. The number of aliphatic imine (C=N–C) groups is 1. The van der Waals surface area contributed by atoms with Gasteiger partial charge in [-0.05, 0) is 31.4 Å². The van der Waals surface area contributed by atoms with Crippen LogP contribution in [0.5, 0.6) is 11.5 Å². The standard InChI is InChI=1S/C16H27N3O2.HI/c1-4-6-11-18-16(17-5-2)19-12-10-13-8-7-9-14(21-3)15(13)20;/h7-9,20H,4-6,10-12H2,1-3H3,(H2,17,18,19);1H. The number of ether oxygens (including phenoxy) is 1. The van der Waals surface area contributed by atoms with E-state index in [1.165, 1.54) is 0 Å². The summed E-state index contributed by atoms with van der Waals surface area (Å²) in [7, 11) is 1.56. The summed E-state index contributed by atoms with van der Waals surface area (Å²) in [5.74, 6) is 1.55. The molecule has 1 rings (SSSR count). The van der Waals surface area contributed by atoms with E-state index in [9.17, 15) is 5.11 Å². The number of nitrogens with zero attached hydrogens (tertiary/aromatic N) is 1. The molecule has 0 fully saturated rings. The summed E-state index contributed by atoms with van der Waals surface area (Å²) in [5.41, 5.74) is 0.867. The predicted molar refractivity (Wildman–Crippen MR) is 103 cm³/mol. The molecule has 5 nitrogen and oxygen atoms in total. The molecule has 6 heteroatoms. The summed E-state index contributed by atoms with van der Waals surface area (Å²) in [6.45, 7) is 6.57. The Hall–Kier alpha value is -1.18. The van der Waals surface area contributed by atoms with Crippen molar-refractivity contribution in [2.24, 2.45) is 4.99 Å². The first-order valence-electron chi connectivity index (χ1n) is 7.59. The van der Waals surface area contributed by atoms with Crippen LogP contribution in [0, 0.1) is 0 Å². The third kappa shape index (κ3) is 7.20. The number of nitrogens with one attached hydrogen (secondary N) is 2. The van der Waals surface area contributed by atoms with Gasteiger partial charge in [-0.3, -0.25) is 4.99 Å². The van der Waals surface area contributed by atoms with Crippen molar-refractivity contribution in [3.05, 3.63) is 23.8 Å². The summed E-state index contributed by atoms with van der Waals surface area (Å²) in [6, 6.07) is 5.54. The summed E-state index contributed by atoms with van der Waals surface area (Å²) in [4.78, 5) is 4.50. The SMILES string of the molecule is CCCCN=C(NCC)NCCc1cccc(OC)c1O.I. The Bertz CT molecular complexity index is 453. The molecule has 0 radical (unpaired) electrons. The van der Waals surface area contributed by atoms with Crippen molar-refractivity contribution in [3.8, 4) is 11.5 Å². The molecule has 1 aromatic rings. The normalized spacial score (nSPS) is 10.8. The maximum absolute atomic E-state index is 10.0. The lowest BCUT2D eigenvalue weighted by molar-refractivity contribution is 0.370. The van der Waals surface area contributed by atoms with Gasteiger partial charge in [0.25, 0.3) is 0 Å². The molecule has 0 saturated carbocycles. The fourth-order valence-electron chi connectivity index (χ4n) is 1.94. The van der Waals surface area contributed by atoms with Gasteiger partial charge in [0.2, 0.25) is 0 Å². The summed E-state index contributed by atoms with van der Waals surface area (Å²) < 4.78 is 5.11. The van der Waals surface area contributed by atoms with Gasteiger partial charge in [0.1, 0.15) is 0 Å². The van der Waals surface area contributed by atoms with Gasteiger partial charge in [-0.1, -0.05) is 25.5 Å². The Morgan fingerprint density at radius 2 is 2.05 bits per heavy atom. The predicted octanol–water partition coefficient (Wildman–Crippen LogP) is 2.92. The molecule has 0 aliphatic heterocycles. The molecule has 0 atom stereocenters. The number of para-hydroxylation sites is 1. The first-order chi connectivity index (χ1) is 10.2. The van der Waals surface area contributed by atoms with Gasteiger partial charge in [-0.25, -0.2) is 0 Å². The molecule has 1 aromatic carbocycles. The van der Waals surface area contributed by atoms with Gasteiger partial charge >= 0.3 is 0 Å². The molecule has 0 spiro atoms. The van der Waals surface area contributed by atoms with Gasteiger partial charge in [-0.2, -0.15) is 0 Å². The van der Waals surface area contributed by atoms with Crippen molar-refractivity contribution in [1.82, 2.24) is 10.6 Å². The molecule has 0 amide bonds. The van der Waals surface area contributed by atoms with Crippen LogP contribution in [0.25, 0.3) is 0 Å². The van der Waals surface area contributed by atoms with E-state index in [-0.39, 0.29) is 29.7 Å². The smallest absolute Gasteiger partial charge is 0.191 e. The number of guanidine groups is 1. The Morgan fingerprint density at radius 3 is 2.68 bits per heavy atom. The van der Waals surface area contributed by atoms with E-state index in [4.69, 9.17) is 4.74 Å². The number of hydrogen-bond donors (Lipinski definition) is 3. The van der Waals surface area contributed by atoms with Gasteiger partial charge in [0, 0.05) is 19.6 Å². The molecule has 0 saturated heterocycles. The minimum atomic E-state index is 0. The highest BCUT2D eigenvalue weighted by atomic mass is 127. The van der Waals surface area contributed by atoms with E-state index in [0.29, 0.717) is 18.7 Å². The van der Waals surface area contributed by atoms with Crippen LogP contribution in [-0.4, -0.2) is 37.8 Å². The highest BCUT2D eigenvalue weighted by molar-refractivity contribution is 14.0. The number of aromatic hydroxyl groups is 1. The van der Waals surface area contributed by atoms with E-state index in [0.717, 1.165) is 37.5 Å². The topological polar surface area (TPSA) is 65.9 Å². The number of rotatable bonds is 8. The fourth-order valence-corrected chi connectivity index (χ4v) is 1.94. The summed E-state index contributed by atoms with van der Waals surface area (Å²) in [5, 5.41) is 16.5. The van der Waals surface area contributed by atoms with Crippen LogP contribution in [-0.2, 0) is 6.42 Å². The highest BCUT2D eigenvalue weighted by Crippen LogP contribution is 2.29. The average Bonchev–Trinajstić information content (AvgIpc) is 2.49. The number of benzene rings is 1. The van der Waals surface area contributed by atoms with E-state index in [2.05, 4.69) is 22.5 Å². The Kier molecular flexibility index (Phi) is 11.7.